The Hall–Kier alpha value is -3.53. The molecule has 2 aromatic heterocycles. The number of ether oxygens (including phenoxy) is 2. The normalized spacial score (nSPS) is 22.6. The van der Waals surface area contributed by atoms with Crippen molar-refractivity contribution < 1.29 is 14.3 Å². The van der Waals surface area contributed by atoms with E-state index in [2.05, 4.69) is 29.0 Å². The van der Waals surface area contributed by atoms with Crippen molar-refractivity contribution in [3.05, 3.63) is 41.6 Å². The minimum atomic E-state index is -0.135. The van der Waals surface area contributed by atoms with E-state index in [0.717, 1.165) is 81.1 Å². The second-order valence-electron chi connectivity index (χ2n) is 10.7. The van der Waals surface area contributed by atoms with Gasteiger partial charge in [-0.2, -0.15) is 9.61 Å². The van der Waals surface area contributed by atoms with Crippen LogP contribution < -0.4 is 25.0 Å². The number of hydrogen-bond donors (Lipinski definition) is 1. The molecule has 0 aliphatic carbocycles. The summed E-state index contributed by atoms with van der Waals surface area (Å²) >= 11 is 0. The fraction of sp³-hybridized carbons (Fsp3) is 0.536. The molecule has 10 heteroatoms. The predicted octanol–water partition coefficient (Wildman–Crippen LogP) is 3.25. The lowest BCUT2D eigenvalue weighted by Gasteiger charge is -2.35. The second kappa shape index (κ2) is 10.3. The van der Waals surface area contributed by atoms with Crippen molar-refractivity contribution in [1.82, 2.24) is 19.5 Å². The fourth-order valence-corrected chi connectivity index (χ4v) is 5.87. The molecule has 1 unspecified atom stereocenters. The van der Waals surface area contributed by atoms with Gasteiger partial charge in [-0.25, -0.2) is 4.98 Å². The number of anilines is 2. The Kier molecular flexibility index (Phi) is 6.73. The topological polar surface area (TPSA) is 101 Å². The average molecular weight is 520 g/mol. The first kappa shape index (κ1) is 24.8. The van der Waals surface area contributed by atoms with E-state index in [1.165, 1.54) is 0 Å². The number of aromatic nitrogens is 3. The van der Waals surface area contributed by atoms with Gasteiger partial charge in [0, 0.05) is 51.4 Å². The van der Waals surface area contributed by atoms with Crippen LogP contribution in [0.5, 0.6) is 11.5 Å². The summed E-state index contributed by atoms with van der Waals surface area (Å²) in [7, 11) is 3.72. The molecule has 2 atom stereocenters. The number of fused-ring (bicyclic) bond motifs is 4. The Morgan fingerprint density at radius 2 is 1.92 bits per heavy atom. The summed E-state index contributed by atoms with van der Waals surface area (Å²) in [5.41, 5.74) is 8.43. The molecule has 2 N–H and O–H groups in total. The quantitative estimate of drug-likeness (QED) is 0.551. The molecule has 0 radical (unpaired) electrons. The molecule has 38 heavy (non-hydrogen) atoms. The van der Waals surface area contributed by atoms with Crippen molar-refractivity contribution in [2.75, 3.05) is 56.7 Å². The van der Waals surface area contributed by atoms with Gasteiger partial charge in [0.15, 0.2) is 5.65 Å². The molecular formula is C28H37N7O3. The number of hydrogen-bond acceptors (Lipinski definition) is 8. The number of nitrogens with two attached hydrogens (primary N) is 1. The Labute approximate surface area is 223 Å². The molecule has 6 rings (SSSR count). The molecule has 1 aromatic carbocycles. The maximum atomic E-state index is 14.0. The molecule has 2 saturated heterocycles. The first-order valence-corrected chi connectivity index (χ1v) is 13.8. The number of piperidine rings is 1. The number of amides is 1. The average Bonchev–Trinajstić information content (AvgIpc) is 3.57. The molecular weight excluding hydrogens is 482 g/mol. The summed E-state index contributed by atoms with van der Waals surface area (Å²) in [4.78, 5) is 25.5. The number of carbonyl (C=O) groups is 1. The van der Waals surface area contributed by atoms with Gasteiger partial charge in [-0.15, -0.1) is 0 Å². The van der Waals surface area contributed by atoms with Crippen molar-refractivity contribution in [1.29, 1.82) is 0 Å². The van der Waals surface area contributed by atoms with Crippen LogP contribution in [0.15, 0.2) is 30.3 Å². The van der Waals surface area contributed by atoms with Crippen LogP contribution in [-0.2, 0) is 0 Å². The maximum Gasteiger partial charge on any atom is 0.258 e. The van der Waals surface area contributed by atoms with Gasteiger partial charge in [-0.1, -0.05) is 0 Å². The first-order chi connectivity index (χ1) is 18.5. The van der Waals surface area contributed by atoms with E-state index in [1.807, 2.05) is 21.5 Å². The molecule has 10 nitrogen and oxygen atoms in total. The number of carbonyl (C=O) groups excluding carboxylic acids is 1. The summed E-state index contributed by atoms with van der Waals surface area (Å²) in [5.74, 6) is 3.13. The van der Waals surface area contributed by atoms with E-state index in [0.29, 0.717) is 30.2 Å². The van der Waals surface area contributed by atoms with Crippen LogP contribution in [0.1, 0.15) is 60.6 Å². The number of rotatable bonds is 2. The molecule has 3 aliphatic heterocycles. The highest BCUT2D eigenvalue weighted by molar-refractivity contribution is 5.97. The predicted molar refractivity (Wildman–Crippen MR) is 146 cm³/mol. The molecule has 3 aliphatic rings. The lowest BCUT2D eigenvalue weighted by atomic mass is 9.98. The molecule has 202 valence electrons. The van der Waals surface area contributed by atoms with Gasteiger partial charge in [0.1, 0.15) is 23.1 Å². The zero-order valence-corrected chi connectivity index (χ0v) is 22.3. The van der Waals surface area contributed by atoms with Gasteiger partial charge in [-0.05, 0) is 56.7 Å². The van der Waals surface area contributed by atoms with Crippen LogP contribution in [0, 0.1) is 0 Å². The van der Waals surface area contributed by atoms with Crippen LogP contribution in [0.25, 0.3) is 5.65 Å². The standard InChI is InChI=1S/C28H37N7O3/c1-32-11-5-6-14-38-24-9-8-20(37-2)15-21(24)28(36)34-12-4-3-7-23(34)22-16-26-30-25(17-27(32)35(26)31-22)33-13-10-19(29)18-33/h8-9,15-17,19,23H,3-7,10-14,18,29H2,1-2H3/t19-,23?/m0/s1. The third kappa shape index (κ3) is 4.62. The first-order valence-electron chi connectivity index (χ1n) is 13.8. The zero-order valence-electron chi connectivity index (χ0n) is 22.3. The minimum Gasteiger partial charge on any atom is -0.497 e. The monoisotopic (exact) mass is 519 g/mol. The summed E-state index contributed by atoms with van der Waals surface area (Å²) in [6.45, 7) is 3.77. The number of nitrogens with zero attached hydrogens (tertiary/aromatic N) is 6. The number of methoxy groups -OCH3 is 1. The summed E-state index contributed by atoms with van der Waals surface area (Å²) in [6.07, 6.45) is 5.63. The van der Waals surface area contributed by atoms with E-state index in [-0.39, 0.29) is 18.0 Å². The molecule has 0 saturated carbocycles. The SMILES string of the molecule is COc1ccc2c(c1)C(=O)N1CCCCC1c1cc3nc(N4CC[C@H](N)C4)cc(n3n1)N(C)CCCCO2. The van der Waals surface area contributed by atoms with Crippen molar-refractivity contribution in [2.24, 2.45) is 5.73 Å². The van der Waals surface area contributed by atoms with Gasteiger partial charge in [0.05, 0.1) is 31.0 Å². The smallest absolute Gasteiger partial charge is 0.258 e. The van der Waals surface area contributed by atoms with Gasteiger partial charge in [0.2, 0.25) is 0 Å². The van der Waals surface area contributed by atoms with Crippen LogP contribution in [0.4, 0.5) is 11.6 Å². The van der Waals surface area contributed by atoms with E-state index in [1.54, 1.807) is 13.2 Å². The Bertz CT molecular complexity index is 1330. The molecule has 3 aromatic rings. The van der Waals surface area contributed by atoms with E-state index >= 15 is 0 Å². The molecule has 2 bridgehead atoms. The van der Waals surface area contributed by atoms with Crippen LogP contribution in [0.3, 0.4) is 0 Å². The summed E-state index contributed by atoms with van der Waals surface area (Å²) < 4.78 is 13.6. The zero-order chi connectivity index (χ0) is 26.2. The maximum absolute atomic E-state index is 14.0. The van der Waals surface area contributed by atoms with Crippen LogP contribution >= 0.6 is 0 Å². The van der Waals surface area contributed by atoms with Gasteiger partial charge in [0.25, 0.3) is 5.91 Å². The lowest BCUT2D eigenvalue weighted by molar-refractivity contribution is 0.0601. The molecule has 2 fully saturated rings. The Morgan fingerprint density at radius 3 is 2.74 bits per heavy atom. The highest BCUT2D eigenvalue weighted by atomic mass is 16.5. The Morgan fingerprint density at radius 1 is 1.05 bits per heavy atom. The van der Waals surface area contributed by atoms with Crippen LogP contribution in [0.2, 0.25) is 0 Å². The van der Waals surface area contributed by atoms with Crippen molar-refractivity contribution in [2.45, 2.75) is 50.6 Å². The van der Waals surface area contributed by atoms with Crippen molar-refractivity contribution in [3.63, 3.8) is 0 Å². The third-order valence-electron chi connectivity index (χ3n) is 8.02. The van der Waals surface area contributed by atoms with Gasteiger partial charge < -0.3 is 29.9 Å². The van der Waals surface area contributed by atoms with Crippen molar-refractivity contribution in [3.8, 4) is 11.5 Å². The second-order valence-corrected chi connectivity index (χ2v) is 10.7. The molecule has 0 spiro atoms. The summed E-state index contributed by atoms with van der Waals surface area (Å²) in [5, 5.41) is 5.07. The molecule has 1 amide bonds. The molecule has 5 heterocycles. The fourth-order valence-electron chi connectivity index (χ4n) is 5.87. The van der Waals surface area contributed by atoms with Crippen LogP contribution in [-0.4, -0.2) is 78.4 Å². The van der Waals surface area contributed by atoms with E-state index in [4.69, 9.17) is 25.3 Å². The lowest BCUT2D eigenvalue weighted by Crippen LogP contribution is -2.39. The highest BCUT2D eigenvalue weighted by Gasteiger charge is 2.33. The Balaban J connectivity index is 1.45. The minimum absolute atomic E-state index is 0.0485. The number of benzene rings is 1. The van der Waals surface area contributed by atoms with Crippen molar-refractivity contribution >= 4 is 23.2 Å². The largest absolute Gasteiger partial charge is 0.497 e. The van der Waals surface area contributed by atoms with Gasteiger partial charge >= 0.3 is 0 Å². The summed E-state index contributed by atoms with van der Waals surface area (Å²) in [6, 6.07) is 9.71. The van der Waals surface area contributed by atoms with E-state index in [9.17, 15) is 4.79 Å². The third-order valence-corrected chi connectivity index (χ3v) is 8.02. The van der Waals surface area contributed by atoms with Gasteiger partial charge in [-0.3, -0.25) is 4.79 Å². The highest BCUT2D eigenvalue weighted by Crippen LogP contribution is 2.36. The van der Waals surface area contributed by atoms with E-state index < -0.39 is 0 Å².